The van der Waals surface area contributed by atoms with Gasteiger partial charge in [-0.2, -0.15) is 0 Å². The van der Waals surface area contributed by atoms with Gasteiger partial charge in [0.15, 0.2) is 10.2 Å². The number of thiol groups is 2. The predicted molar refractivity (Wildman–Crippen MR) is 71.4 cm³/mol. The van der Waals surface area contributed by atoms with Crippen molar-refractivity contribution < 1.29 is 9.59 Å². The molecule has 0 rings (SSSR count). The lowest BCUT2D eigenvalue weighted by Gasteiger charge is -1.98. The highest BCUT2D eigenvalue weighted by Crippen LogP contribution is 2.23. The Morgan fingerprint density at radius 3 is 1.50 bits per heavy atom. The van der Waals surface area contributed by atoms with Crippen LogP contribution in [0.3, 0.4) is 0 Å². The molecule has 0 aliphatic rings. The largest absolute Gasteiger partial charge is 0.288 e. The van der Waals surface area contributed by atoms with E-state index in [1.807, 2.05) is 0 Å². The molecule has 0 atom stereocenters. The van der Waals surface area contributed by atoms with Crippen molar-refractivity contribution in [2.24, 2.45) is 0 Å². The minimum absolute atomic E-state index is 0.0451. The van der Waals surface area contributed by atoms with Crippen molar-refractivity contribution in [2.75, 3.05) is 11.5 Å². The minimum atomic E-state index is -0.0451. The molecule has 82 valence electrons. The number of carbonyl (C=O) groups excluding carboxylic acids is 2. The van der Waals surface area contributed by atoms with Crippen LogP contribution in [0.5, 0.6) is 0 Å². The summed E-state index contributed by atoms with van der Waals surface area (Å²) in [6.07, 6.45) is 2.86. The van der Waals surface area contributed by atoms with Crippen LogP contribution in [0, 0.1) is 0 Å². The molecule has 2 nitrogen and oxygen atoms in total. The molecule has 14 heavy (non-hydrogen) atoms. The van der Waals surface area contributed by atoms with Gasteiger partial charge >= 0.3 is 0 Å². The molecule has 0 bridgehead atoms. The number of hydrogen-bond acceptors (Lipinski definition) is 4. The quantitative estimate of drug-likeness (QED) is 0.383. The molecule has 0 fully saturated rings. The molecular weight excluding hydrogens is 256 g/mol. The molecule has 0 radical (unpaired) electrons. The smallest absolute Gasteiger partial charge is 0.185 e. The lowest BCUT2D eigenvalue weighted by Crippen LogP contribution is -1.88. The molecule has 0 spiro atoms. The maximum absolute atomic E-state index is 10.5. The van der Waals surface area contributed by atoms with Gasteiger partial charge in [-0.05, 0) is 12.8 Å². The van der Waals surface area contributed by atoms with Crippen LogP contribution in [-0.2, 0) is 9.59 Å². The van der Waals surface area contributed by atoms with Crippen molar-refractivity contribution >= 4 is 57.1 Å². The molecule has 6 heteroatoms. The van der Waals surface area contributed by atoms with E-state index in [4.69, 9.17) is 0 Å². The molecule has 0 saturated heterocycles. The minimum Gasteiger partial charge on any atom is -0.288 e. The molecule has 0 aliphatic carbocycles. The Hall–Kier alpha value is 0.740. The maximum Gasteiger partial charge on any atom is 0.185 e. The SMILES string of the molecule is O=C(S)CCCSSCCCC(=O)S. The third-order valence-electron chi connectivity index (χ3n) is 1.32. The Kier molecular flexibility index (Phi) is 10.8. The Labute approximate surface area is 104 Å². The third kappa shape index (κ3) is 12.7. The summed E-state index contributed by atoms with van der Waals surface area (Å²) in [4.78, 5) is 20.9. The molecular formula is C8H14O2S4. The van der Waals surface area contributed by atoms with Crippen LogP contribution >= 0.6 is 46.8 Å². The highest BCUT2D eigenvalue weighted by atomic mass is 33.1. The van der Waals surface area contributed by atoms with Crippen molar-refractivity contribution in [3.63, 3.8) is 0 Å². The summed E-state index contributed by atoms with van der Waals surface area (Å²) in [5.41, 5.74) is 0. The Balaban J connectivity index is 2.99. The fraction of sp³-hybridized carbons (Fsp3) is 0.750. The second-order valence-corrected chi connectivity index (χ2v) is 6.34. The van der Waals surface area contributed by atoms with Crippen LogP contribution < -0.4 is 0 Å². The van der Waals surface area contributed by atoms with E-state index in [2.05, 4.69) is 25.3 Å². The first-order chi connectivity index (χ1) is 6.63. The van der Waals surface area contributed by atoms with Gasteiger partial charge in [-0.1, -0.05) is 21.6 Å². The van der Waals surface area contributed by atoms with Gasteiger partial charge in [-0.25, -0.2) is 0 Å². The van der Waals surface area contributed by atoms with Crippen LogP contribution in [0.4, 0.5) is 0 Å². The molecule has 0 aromatic heterocycles. The zero-order valence-electron chi connectivity index (χ0n) is 7.77. The van der Waals surface area contributed by atoms with Crippen molar-refractivity contribution in [3.05, 3.63) is 0 Å². The highest BCUT2D eigenvalue weighted by molar-refractivity contribution is 8.76. The molecule has 0 N–H and O–H groups in total. The summed E-state index contributed by atoms with van der Waals surface area (Å²) in [6, 6.07) is 0. The molecule has 0 aliphatic heterocycles. The second-order valence-electron chi connectivity index (χ2n) is 2.64. The summed E-state index contributed by atoms with van der Waals surface area (Å²) in [6.45, 7) is 0. The number of rotatable bonds is 9. The Morgan fingerprint density at radius 2 is 1.21 bits per heavy atom. The molecule has 0 heterocycles. The molecule has 0 saturated carbocycles. The van der Waals surface area contributed by atoms with Gasteiger partial charge < -0.3 is 0 Å². The Morgan fingerprint density at radius 1 is 0.857 bits per heavy atom. The monoisotopic (exact) mass is 270 g/mol. The van der Waals surface area contributed by atoms with Gasteiger partial charge in [0.05, 0.1) is 0 Å². The van der Waals surface area contributed by atoms with Gasteiger partial charge in [0.25, 0.3) is 0 Å². The van der Waals surface area contributed by atoms with E-state index in [-0.39, 0.29) is 10.2 Å². The average Bonchev–Trinajstić information content (AvgIpc) is 2.08. The molecule has 0 amide bonds. The summed E-state index contributed by atoms with van der Waals surface area (Å²) in [5.74, 6) is 1.93. The first kappa shape index (κ1) is 14.7. The Bertz CT molecular complexity index is 164. The van der Waals surface area contributed by atoms with Crippen LogP contribution in [0.25, 0.3) is 0 Å². The topological polar surface area (TPSA) is 34.1 Å². The van der Waals surface area contributed by atoms with E-state index in [9.17, 15) is 9.59 Å². The van der Waals surface area contributed by atoms with Crippen molar-refractivity contribution in [2.45, 2.75) is 25.7 Å². The average molecular weight is 270 g/mol. The summed E-state index contributed by atoms with van der Waals surface area (Å²) in [5, 5.41) is -0.0902. The molecule has 0 aromatic carbocycles. The summed E-state index contributed by atoms with van der Waals surface area (Å²) in [7, 11) is 3.48. The zero-order valence-corrected chi connectivity index (χ0v) is 11.2. The number of carbonyl (C=O) groups is 2. The van der Waals surface area contributed by atoms with Crippen LogP contribution in [-0.4, -0.2) is 21.7 Å². The number of hydrogen-bond donors (Lipinski definition) is 2. The second kappa shape index (κ2) is 10.3. The van der Waals surface area contributed by atoms with Crippen molar-refractivity contribution in [3.8, 4) is 0 Å². The fourth-order valence-corrected chi connectivity index (χ4v) is 3.17. The van der Waals surface area contributed by atoms with Crippen molar-refractivity contribution in [1.82, 2.24) is 0 Å². The third-order valence-corrected chi connectivity index (χ3v) is 4.34. The standard InChI is InChI=1S/C8H14O2S4/c9-7(11)3-1-5-13-14-6-2-4-8(10)12/h1-6H2,(H,9,11)(H,10,12). The van der Waals surface area contributed by atoms with E-state index >= 15 is 0 Å². The van der Waals surface area contributed by atoms with E-state index in [1.54, 1.807) is 21.6 Å². The van der Waals surface area contributed by atoms with E-state index in [0.29, 0.717) is 12.8 Å². The molecule has 0 aromatic rings. The van der Waals surface area contributed by atoms with Gasteiger partial charge in [0.1, 0.15) is 0 Å². The van der Waals surface area contributed by atoms with Gasteiger partial charge in [0, 0.05) is 24.3 Å². The van der Waals surface area contributed by atoms with E-state index < -0.39 is 0 Å². The zero-order chi connectivity index (χ0) is 10.8. The van der Waals surface area contributed by atoms with Crippen LogP contribution in [0.1, 0.15) is 25.7 Å². The highest BCUT2D eigenvalue weighted by Gasteiger charge is 1.97. The van der Waals surface area contributed by atoms with Gasteiger partial charge in [0.2, 0.25) is 0 Å². The first-order valence-corrected chi connectivity index (χ1v) is 7.69. The summed E-state index contributed by atoms with van der Waals surface area (Å²) < 4.78 is 0. The summed E-state index contributed by atoms with van der Waals surface area (Å²) >= 11 is 7.36. The van der Waals surface area contributed by atoms with E-state index in [1.165, 1.54) is 0 Å². The van der Waals surface area contributed by atoms with Crippen LogP contribution in [0.15, 0.2) is 0 Å². The van der Waals surface area contributed by atoms with Crippen molar-refractivity contribution in [1.29, 1.82) is 0 Å². The van der Waals surface area contributed by atoms with Crippen LogP contribution in [0.2, 0.25) is 0 Å². The van der Waals surface area contributed by atoms with Gasteiger partial charge in [-0.15, -0.1) is 25.3 Å². The molecule has 0 unspecified atom stereocenters. The maximum atomic E-state index is 10.5. The normalized spacial score (nSPS) is 10.1. The first-order valence-electron chi connectivity index (χ1n) is 4.31. The fourth-order valence-electron chi connectivity index (χ4n) is 0.682. The lowest BCUT2D eigenvalue weighted by atomic mass is 10.4. The predicted octanol–water partition coefficient (Wildman–Crippen LogP) is 2.84. The van der Waals surface area contributed by atoms with Gasteiger partial charge in [-0.3, -0.25) is 9.59 Å². The van der Waals surface area contributed by atoms with E-state index in [0.717, 1.165) is 24.3 Å². The lowest BCUT2D eigenvalue weighted by molar-refractivity contribution is -0.111.